The smallest absolute Gasteiger partial charge is 0.246 e. The molecule has 0 radical (unpaired) electrons. The summed E-state index contributed by atoms with van der Waals surface area (Å²) in [6.45, 7) is 3.90. The monoisotopic (exact) mass is 466 g/mol. The van der Waals surface area contributed by atoms with Crippen LogP contribution in [0.1, 0.15) is 34.7 Å². The zero-order valence-electron chi connectivity index (χ0n) is 18.6. The molecule has 3 aromatic rings. The minimum atomic E-state index is -0.308. The Kier molecular flexibility index (Phi) is 7.86. The Morgan fingerprint density at radius 1 is 1.30 bits per heavy atom. The molecular formula is C26H27FN2O3S. The molecule has 1 aromatic heterocycles. The summed E-state index contributed by atoms with van der Waals surface area (Å²) in [6.07, 6.45) is 5.26. The van der Waals surface area contributed by atoms with Crippen molar-refractivity contribution in [2.45, 2.75) is 39.0 Å². The van der Waals surface area contributed by atoms with Gasteiger partial charge in [-0.2, -0.15) is 0 Å². The van der Waals surface area contributed by atoms with Gasteiger partial charge in [-0.1, -0.05) is 24.3 Å². The third-order valence-corrected chi connectivity index (χ3v) is 6.17. The van der Waals surface area contributed by atoms with Crippen LogP contribution in [0.15, 0.2) is 60.0 Å². The molecule has 1 atom stereocenters. The zero-order chi connectivity index (χ0) is 23.0. The number of rotatable bonds is 9. The number of thiazole rings is 1. The van der Waals surface area contributed by atoms with Gasteiger partial charge in [0.25, 0.3) is 0 Å². The second kappa shape index (κ2) is 11.2. The molecule has 2 aromatic carbocycles. The van der Waals surface area contributed by atoms with E-state index >= 15 is 0 Å². The fourth-order valence-electron chi connectivity index (χ4n) is 3.74. The number of carbonyl (C=O) groups excluding carboxylic acids is 1. The van der Waals surface area contributed by atoms with Crippen LogP contribution < -0.4 is 4.74 Å². The quantitative estimate of drug-likeness (QED) is 0.397. The average Bonchev–Trinajstić information content (AvgIpc) is 3.47. The first-order valence-corrected chi connectivity index (χ1v) is 11.9. The van der Waals surface area contributed by atoms with E-state index in [1.807, 2.05) is 42.6 Å². The zero-order valence-corrected chi connectivity index (χ0v) is 19.4. The first-order chi connectivity index (χ1) is 16.0. The number of halogens is 1. The second-order valence-electron chi connectivity index (χ2n) is 8.04. The molecule has 33 heavy (non-hydrogen) atoms. The Morgan fingerprint density at radius 2 is 2.18 bits per heavy atom. The highest BCUT2D eigenvalue weighted by Gasteiger charge is 2.22. The Morgan fingerprint density at radius 3 is 2.94 bits per heavy atom. The number of hydrogen-bond donors (Lipinski definition) is 0. The van der Waals surface area contributed by atoms with Crippen LogP contribution in [0.3, 0.4) is 0 Å². The molecule has 0 saturated carbocycles. The van der Waals surface area contributed by atoms with Gasteiger partial charge >= 0.3 is 0 Å². The largest absolute Gasteiger partial charge is 0.487 e. The Balaban J connectivity index is 1.42. The lowest BCUT2D eigenvalue weighted by Gasteiger charge is -2.24. The van der Waals surface area contributed by atoms with Crippen molar-refractivity contribution in [2.75, 3.05) is 13.2 Å². The summed E-state index contributed by atoms with van der Waals surface area (Å²) in [6, 6.07) is 13.9. The molecule has 1 saturated heterocycles. The van der Waals surface area contributed by atoms with Gasteiger partial charge in [0, 0.05) is 31.2 Å². The summed E-state index contributed by atoms with van der Waals surface area (Å²) in [7, 11) is 0. The highest BCUT2D eigenvalue weighted by molar-refractivity contribution is 7.09. The van der Waals surface area contributed by atoms with Gasteiger partial charge in [-0.25, -0.2) is 9.37 Å². The van der Waals surface area contributed by atoms with Gasteiger partial charge in [0.1, 0.15) is 18.2 Å². The molecule has 0 bridgehead atoms. The van der Waals surface area contributed by atoms with Crippen molar-refractivity contribution in [2.24, 2.45) is 0 Å². The maximum atomic E-state index is 13.6. The molecule has 1 fully saturated rings. The van der Waals surface area contributed by atoms with E-state index in [4.69, 9.17) is 9.47 Å². The SMILES string of the molecule is Cc1nc(COc2cccc(/C=C/C(=O)N(Cc3cccc(F)c3)CC3CCCO3)c2)cs1. The Hall–Kier alpha value is -3.03. The summed E-state index contributed by atoms with van der Waals surface area (Å²) >= 11 is 1.59. The molecule has 0 spiro atoms. The van der Waals surface area contributed by atoms with E-state index in [1.165, 1.54) is 12.1 Å². The number of aryl methyl sites for hydroxylation is 1. The lowest BCUT2D eigenvalue weighted by Crippen LogP contribution is -2.35. The van der Waals surface area contributed by atoms with Gasteiger partial charge in [0.05, 0.1) is 16.8 Å². The molecule has 4 rings (SSSR count). The number of amides is 1. The standard InChI is InChI=1S/C26H27FN2O3S/c1-19-28-23(18-33-19)17-32-24-8-3-5-20(14-24)10-11-26(30)29(16-25-9-4-12-31-25)15-21-6-2-7-22(27)13-21/h2-3,5-8,10-11,13-14,18,25H,4,9,12,15-17H2,1H3/b11-10+. The lowest BCUT2D eigenvalue weighted by atomic mass is 10.1. The van der Waals surface area contributed by atoms with Crippen LogP contribution in [-0.2, 0) is 22.7 Å². The summed E-state index contributed by atoms with van der Waals surface area (Å²) in [4.78, 5) is 19.2. The van der Waals surface area contributed by atoms with E-state index in [-0.39, 0.29) is 17.8 Å². The van der Waals surface area contributed by atoms with Crippen LogP contribution in [0.5, 0.6) is 5.75 Å². The van der Waals surface area contributed by atoms with Gasteiger partial charge in [-0.15, -0.1) is 11.3 Å². The molecule has 172 valence electrons. The van der Waals surface area contributed by atoms with Crippen LogP contribution in [0.25, 0.3) is 6.08 Å². The summed E-state index contributed by atoms with van der Waals surface area (Å²) < 4.78 is 25.2. The van der Waals surface area contributed by atoms with Gasteiger partial charge in [0.15, 0.2) is 0 Å². The molecule has 5 nitrogen and oxygen atoms in total. The molecule has 0 aliphatic carbocycles. The lowest BCUT2D eigenvalue weighted by molar-refractivity contribution is -0.128. The Labute approximate surface area is 197 Å². The molecule has 1 aliphatic rings. The van der Waals surface area contributed by atoms with E-state index in [1.54, 1.807) is 34.5 Å². The van der Waals surface area contributed by atoms with Crippen molar-refractivity contribution >= 4 is 23.3 Å². The molecule has 2 heterocycles. The maximum Gasteiger partial charge on any atom is 0.246 e. The highest BCUT2D eigenvalue weighted by atomic mass is 32.1. The third kappa shape index (κ3) is 6.97. The number of hydrogen-bond acceptors (Lipinski definition) is 5. The van der Waals surface area contributed by atoms with E-state index in [9.17, 15) is 9.18 Å². The number of carbonyl (C=O) groups is 1. The van der Waals surface area contributed by atoms with E-state index < -0.39 is 0 Å². The van der Waals surface area contributed by atoms with Crippen LogP contribution in [0.4, 0.5) is 4.39 Å². The number of ether oxygens (including phenoxy) is 2. The van der Waals surface area contributed by atoms with Crippen molar-refractivity contribution in [3.05, 3.63) is 87.6 Å². The van der Waals surface area contributed by atoms with Crippen LogP contribution >= 0.6 is 11.3 Å². The van der Waals surface area contributed by atoms with Crippen molar-refractivity contribution in [1.29, 1.82) is 0 Å². The molecule has 1 unspecified atom stereocenters. The first-order valence-electron chi connectivity index (χ1n) is 11.0. The van der Waals surface area contributed by atoms with Crippen LogP contribution in [0.2, 0.25) is 0 Å². The number of aromatic nitrogens is 1. The van der Waals surface area contributed by atoms with E-state index in [0.717, 1.165) is 41.3 Å². The fourth-order valence-corrected chi connectivity index (χ4v) is 4.33. The van der Waals surface area contributed by atoms with Crippen LogP contribution in [-0.4, -0.2) is 35.0 Å². The molecule has 1 amide bonds. The minimum Gasteiger partial charge on any atom is -0.487 e. The van der Waals surface area contributed by atoms with Gasteiger partial charge in [-0.3, -0.25) is 4.79 Å². The summed E-state index contributed by atoms with van der Waals surface area (Å²) in [5.41, 5.74) is 2.51. The fraction of sp³-hybridized carbons (Fsp3) is 0.308. The minimum absolute atomic E-state index is 0.0157. The summed E-state index contributed by atoms with van der Waals surface area (Å²) in [5.74, 6) is 0.266. The van der Waals surface area contributed by atoms with Gasteiger partial charge in [0.2, 0.25) is 5.91 Å². The molecular weight excluding hydrogens is 439 g/mol. The predicted molar refractivity (Wildman–Crippen MR) is 127 cm³/mol. The van der Waals surface area contributed by atoms with Crippen molar-refractivity contribution in [3.8, 4) is 5.75 Å². The number of benzene rings is 2. The Bertz CT molecular complexity index is 1110. The van der Waals surface area contributed by atoms with E-state index in [2.05, 4.69) is 4.98 Å². The van der Waals surface area contributed by atoms with Gasteiger partial charge < -0.3 is 14.4 Å². The summed E-state index contributed by atoms with van der Waals surface area (Å²) in [5, 5.41) is 2.99. The molecule has 0 N–H and O–H groups in total. The van der Waals surface area contributed by atoms with Crippen molar-refractivity contribution < 1.29 is 18.7 Å². The topological polar surface area (TPSA) is 51.7 Å². The first kappa shape index (κ1) is 23.1. The average molecular weight is 467 g/mol. The van der Waals surface area contributed by atoms with Crippen molar-refractivity contribution in [1.82, 2.24) is 9.88 Å². The van der Waals surface area contributed by atoms with Crippen LogP contribution in [0, 0.1) is 12.7 Å². The molecule has 7 heteroatoms. The highest BCUT2D eigenvalue weighted by Crippen LogP contribution is 2.19. The number of nitrogens with zero attached hydrogens (tertiary/aromatic N) is 2. The third-order valence-electron chi connectivity index (χ3n) is 5.35. The predicted octanol–water partition coefficient (Wildman–Crippen LogP) is 5.39. The molecule has 1 aliphatic heterocycles. The normalized spacial score (nSPS) is 15.8. The van der Waals surface area contributed by atoms with Crippen molar-refractivity contribution in [3.63, 3.8) is 0 Å². The van der Waals surface area contributed by atoms with Gasteiger partial charge in [-0.05, 0) is 61.2 Å². The van der Waals surface area contributed by atoms with E-state index in [0.29, 0.717) is 25.4 Å². The maximum absolute atomic E-state index is 13.6. The second-order valence-corrected chi connectivity index (χ2v) is 9.10.